The molecule has 0 amide bonds. The number of pyridine rings is 2. The summed E-state index contributed by atoms with van der Waals surface area (Å²) in [6, 6.07) is 11.9. The Hall–Kier alpha value is -2.59. The summed E-state index contributed by atoms with van der Waals surface area (Å²) in [4.78, 5) is 24.1. The first kappa shape index (κ1) is 15.0. The quantitative estimate of drug-likeness (QED) is 0.799. The van der Waals surface area contributed by atoms with Crippen molar-refractivity contribution in [3.8, 4) is 0 Å². The summed E-state index contributed by atoms with van der Waals surface area (Å²) in [5.74, 6) is 0.136. The van der Waals surface area contributed by atoms with Gasteiger partial charge in [0.05, 0.1) is 11.4 Å². The molecular formula is C20H19N3O. The van der Waals surface area contributed by atoms with Gasteiger partial charge in [-0.05, 0) is 56.3 Å². The second-order valence-electron chi connectivity index (χ2n) is 6.31. The lowest BCUT2D eigenvalue weighted by molar-refractivity contribution is -0.114. The van der Waals surface area contributed by atoms with Crippen LogP contribution in [0.3, 0.4) is 0 Å². The van der Waals surface area contributed by atoms with Crippen molar-refractivity contribution in [2.24, 2.45) is 0 Å². The molecule has 2 aliphatic rings. The Labute approximate surface area is 141 Å². The summed E-state index contributed by atoms with van der Waals surface area (Å²) < 4.78 is 0. The number of piperidine rings is 1. The SMILES string of the molecule is CN1C2CCC1/C(=C\c1ccccn1)C(=O)/C2=C\c1ccccn1. The van der Waals surface area contributed by atoms with Crippen LogP contribution in [0.1, 0.15) is 24.2 Å². The molecule has 0 aromatic carbocycles. The highest BCUT2D eigenvalue weighted by Crippen LogP contribution is 2.40. The molecule has 2 aromatic heterocycles. The maximum absolute atomic E-state index is 13.1. The Morgan fingerprint density at radius 3 is 1.83 bits per heavy atom. The van der Waals surface area contributed by atoms with E-state index in [1.54, 1.807) is 12.4 Å². The molecule has 4 rings (SSSR count). The number of aromatic nitrogens is 2. The van der Waals surface area contributed by atoms with Crippen LogP contribution in [0.15, 0.2) is 59.9 Å². The van der Waals surface area contributed by atoms with Gasteiger partial charge in [0, 0.05) is 35.6 Å². The van der Waals surface area contributed by atoms with E-state index in [-0.39, 0.29) is 17.9 Å². The Kier molecular flexibility index (Phi) is 3.82. The summed E-state index contributed by atoms with van der Waals surface area (Å²) in [5.41, 5.74) is 3.34. The molecular weight excluding hydrogens is 298 g/mol. The number of hydrogen-bond acceptors (Lipinski definition) is 4. The van der Waals surface area contributed by atoms with Crippen LogP contribution in [0.5, 0.6) is 0 Å². The van der Waals surface area contributed by atoms with Gasteiger partial charge in [-0.2, -0.15) is 0 Å². The van der Waals surface area contributed by atoms with Gasteiger partial charge in [-0.25, -0.2) is 0 Å². The Bertz CT molecular complexity index is 744. The maximum atomic E-state index is 13.1. The summed E-state index contributed by atoms with van der Waals surface area (Å²) >= 11 is 0. The van der Waals surface area contributed by atoms with Gasteiger partial charge in [0.25, 0.3) is 0 Å². The molecule has 120 valence electrons. The minimum Gasteiger partial charge on any atom is -0.292 e. The van der Waals surface area contributed by atoms with Crippen molar-refractivity contribution in [3.63, 3.8) is 0 Å². The molecule has 0 saturated carbocycles. The molecule has 2 aromatic rings. The number of likely N-dealkylation sites (N-methyl/N-ethyl adjacent to an activating group) is 1. The van der Waals surface area contributed by atoms with Gasteiger partial charge in [0.2, 0.25) is 0 Å². The van der Waals surface area contributed by atoms with E-state index in [1.165, 1.54) is 0 Å². The second-order valence-corrected chi connectivity index (χ2v) is 6.31. The van der Waals surface area contributed by atoms with E-state index in [4.69, 9.17) is 0 Å². The van der Waals surface area contributed by atoms with Gasteiger partial charge in [-0.3, -0.25) is 19.7 Å². The van der Waals surface area contributed by atoms with E-state index < -0.39 is 0 Å². The van der Waals surface area contributed by atoms with E-state index >= 15 is 0 Å². The Balaban J connectivity index is 1.78. The first-order chi connectivity index (χ1) is 11.7. The number of Topliss-reactive ketones (excluding diaryl/α,β-unsaturated/α-hetero) is 1. The molecule has 2 fully saturated rings. The summed E-state index contributed by atoms with van der Waals surface area (Å²) in [7, 11) is 2.10. The first-order valence-corrected chi connectivity index (χ1v) is 8.26. The molecule has 2 bridgehead atoms. The second kappa shape index (κ2) is 6.13. The largest absolute Gasteiger partial charge is 0.292 e. The topological polar surface area (TPSA) is 46.1 Å². The van der Waals surface area contributed by atoms with Crippen LogP contribution in [0.25, 0.3) is 12.2 Å². The lowest BCUT2D eigenvalue weighted by Gasteiger charge is -2.34. The van der Waals surface area contributed by atoms with E-state index in [2.05, 4.69) is 21.9 Å². The van der Waals surface area contributed by atoms with Crippen LogP contribution in [-0.4, -0.2) is 39.8 Å². The number of fused-ring (bicyclic) bond motifs is 2. The van der Waals surface area contributed by atoms with Crippen LogP contribution in [0, 0.1) is 0 Å². The molecule has 2 atom stereocenters. The number of nitrogens with zero attached hydrogens (tertiary/aromatic N) is 3. The van der Waals surface area contributed by atoms with Crippen molar-refractivity contribution < 1.29 is 4.79 Å². The van der Waals surface area contributed by atoms with Crippen LogP contribution in [0.4, 0.5) is 0 Å². The van der Waals surface area contributed by atoms with Crippen molar-refractivity contribution in [2.75, 3.05) is 7.05 Å². The third kappa shape index (κ3) is 2.59. The minimum absolute atomic E-state index is 0.136. The standard InChI is InChI=1S/C20H19N3O/c1-23-18-8-9-19(23)17(13-15-7-3-5-11-22-15)20(24)16(18)12-14-6-2-4-10-21-14/h2-7,10-13,18-19H,8-9H2,1H3/b16-12-,17-13+. The van der Waals surface area contributed by atoms with Crippen molar-refractivity contribution in [1.29, 1.82) is 0 Å². The molecule has 24 heavy (non-hydrogen) atoms. The van der Waals surface area contributed by atoms with Crippen molar-refractivity contribution in [2.45, 2.75) is 24.9 Å². The van der Waals surface area contributed by atoms with E-state index in [1.807, 2.05) is 48.6 Å². The zero-order chi connectivity index (χ0) is 16.5. The van der Waals surface area contributed by atoms with Gasteiger partial charge >= 0.3 is 0 Å². The summed E-state index contributed by atoms with van der Waals surface area (Å²) in [5, 5.41) is 0. The predicted molar refractivity (Wildman–Crippen MR) is 94.0 cm³/mol. The van der Waals surface area contributed by atoms with Gasteiger partial charge < -0.3 is 0 Å². The minimum atomic E-state index is 0.136. The smallest absolute Gasteiger partial charge is 0.188 e. The molecule has 2 unspecified atom stereocenters. The molecule has 2 aliphatic heterocycles. The van der Waals surface area contributed by atoms with E-state index in [9.17, 15) is 4.79 Å². The van der Waals surface area contributed by atoms with E-state index in [0.29, 0.717) is 0 Å². The highest BCUT2D eigenvalue weighted by Gasteiger charge is 2.44. The molecule has 0 spiro atoms. The lowest BCUT2D eigenvalue weighted by atomic mass is 9.89. The average Bonchev–Trinajstić information content (AvgIpc) is 2.93. The predicted octanol–water partition coefficient (Wildman–Crippen LogP) is 2.99. The number of carbonyl (C=O) groups is 1. The average molecular weight is 317 g/mol. The Morgan fingerprint density at radius 1 is 0.917 bits per heavy atom. The molecule has 4 heteroatoms. The molecule has 4 nitrogen and oxygen atoms in total. The number of ketones is 1. The van der Waals surface area contributed by atoms with Crippen molar-refractivity contribution >= 4 is 17.9 Å². The molecule has 0 aliphatic carbocycles. The lowest BCUT2D eigenvalue weighted by Crippen LogP contribution is -2.43. The zero-order valence-electron chi connectivity index (χ0n) is 13.6. The van der Waals surface area contributed by atoms with Crippen molar-refractivity contribution in [3.05, 3.63) is 71.3 Å². The molecule has 0 N–H and O–H groups in total. The molecule has 2 saturated heterocycles. The Morgan fingerprint density at radius 2 is 1.42 bits per heavy atom. The number of hydrogen-bond donors (Lipinski definition) is 0. The first-order valence-electron chi connectivity index (χ1n) is 8.26. The van der Waals surface area contributed by atoms with Crippen molar-refractivity contribution in [1.82, 2.24) is 14.9 Å². The summed E-state index contributed by atoms with van der Waals surface area (Å²) in [6.45, 7) is 0. The molecule has 0 radical (unpaired) electrons. The fraction of sp³-hybridized carbons (Fsp3) is 0.250. The molecule has 4 heterocycles. The number of carbonyl (C=O) groups excluding carboxylic acids is 1. The third-order valence-corrected chi connectivity index (χ3v) is 4.92. The van der Waals surface area contributed by atoms with Crippen LogP contribution >= 0.6 is 0 Å². The van der Waals surface area contributed by atoms with Gasteiger partial charge in [-0.15, -0.1) is 0 Å². The highest BCUT2D eigenvalue weighted by molar-refractivity contribution is 6.16. The number of rotatable bonds is 2. The fourth-order valence-electron chi connectivity index (χ4n) is 3.72. The maximum Gasteiger partial charge on any atom is 0.188 e. The normalized spacial score (nSPS) is 27.1. The van der Waals surface area contributed by atoms with Gasteiger partial charge in [0.15, 0.2) is 5.78 Å². The summed E-state index contributed by atoms with van der Waals surface area (Å²) in [6.07, 6.45) is 9.40. The highest BCUT2D eigenvalue weighted by atomic mass is 16.1. The van der Waals surface area contributed by atoms with Crippen LogP contribution in [0.2, 0.25) is 0 Å². The van der Waals surface area contributed by atoms with Crippen LogP contribution in [-0.2, 0) is 4.79 Å². The monoisotopic (exact) mass is 317 g/mol. The van der Waals surface area contributed by atoms with E-state index in [0.717, 1.165) is 35.4 Å². The van der Waals surface area contributed by atoms with Gasteiger partial charge in [-0.1, -0.05) is 12.1 Å². The van der Waals surface area contributed by atoms with Crippen LogP contribution < -0.4 is 0 Å². The third-order valence-electron chi connectivity index (χ3n) is 4.92. The fourth-order valence-corrected chi connectivity index (χ4v) is 3.72. The zero-order valence-corrected chi connectivity index (χ0v) is 13.6. The van der Waals surface area contributed by atoms with Gasteiger partial charge in [0.1, 0.15) is 0 Å².